The van der Waals surface area contributed by atoms with Gasteiger partial charge in [-0.3, -0.25) is 4.79 Å². The van der Waals surface area contributed by atoms with Gasteiger partial charge in [0.05, 0.1) is 5.56 Å². The maximum Gasteiger partial charge on any atom is 0.339 e. The van der Waals surface area contributed by atoms with E-state index in [1.54, 1.807) is 13.0 Å². The molecule has 0 fully saturated rings. The lowest BCUT2D eigenvalue weighted by molar-refractivity contribution is 0.0986. The highest BCUT2D eigenvalue weighted by molar-refractivity contribution is 9.10. The van der Waals surface area contributed by atoms with E-state index in [1.165, 1.54) is 42.5 Å². The van der Waals surface area contributed by atoms with Gasteiger partial charge >= 0.3 is 15.7 Å². The lowest BCUT2D eigenvalue weighted by Crippen LogP contribution is -2.12. The Morgan fingerprint density at radius 1 is 1.12 bits per heavy atom. The Morgan fingerprint density at radius 2 is 1.88 bits per heavy atom. The molecule has 0 atom stereocenters. The van der Waals surface area contributed by atoms with Crippen molar-refractivity contribution in [1.82, 2.24) is 0 Å². The predicted octanol–water partition coefficient (Wildman–Crippen LogP) is 3.92. The van der Waals surface area contributed by atoms with Crippen LogP contribution in [-0.2, 0) is 10.1 Å². The van der Waals surface area contributed by atoms with Crippen LogP contribution in [0.25, 0.3) is 11.0 Å². The maximum atomic E-state index is 12.6. The molecule has 3 rings (SSSR count). The molecule has 0 saturated carbocycles. The molecule has 0 spiro atoms. The molecule has 1 aromatic heterocycles. The number of benzene rings is 2. The minimum atomic E-state index is -4.18. The second-order valence-corrected chi connectivity index (χ2v) is 7.87. The zero-order chi connectivity index (χ0) is 18.9. The van der Waals surface area contributed by atoms with E-state index in [0.29, 0.717) is 9.86 Å². The average molecular weight is 437 g/mol. The third kappa shape index (κ3) is 3.71. The molecular formula is C18H13BrO6S. The zero-order valence-electron chi connectivity index (χ0n) is 13.6. The highest BCUT2D eigenvalue weighted by Crippen LogP contribution is 2.28. The van der Waals surface area contributed by atoms with Crippen LogP contribution in [0.4, 0.5) is 0 Å². The number of carbonyl (C=O) groups excluding carboxylic acids is 1. The van der Waals surface area contributed by atoms with Crippen LogP contribution in [0, 0.1) is 0 Å². The van der Waals surface area contributed by atoms with Crippen molar-refractivity contribution in [3.8, 4) is 5.75 Å². The summed E-state index contributed by atoms with van der Waals surface area (Å²) >= 11 is 3.26. The molecule has 26 heavy (non-hydrogen) atoms. The van der Waals surface area contributed by atoms with E-state index < -0.39 is 15.7 Å². The summed E-state index contributed by atoms with van der Waals surface area (Å²) in [5.41, 5.74) is -0.0823. The molecule has 0 amide bonds. The molecule has 8 heteroatoms. The highest BCUT2D eigenvalue weighted by Gasteiger charge is 2.21. The number of Topliss-reactive ketones (excluding diaryl/α,β-unsaturated/α-hetero) is 1. The van der Waals surface area contributed by atoms with Gasteiger partial charge in [0.25, 0.3) is 0 Å². The lowest BCUT2D eigenvalue weighted by atomic mass is 10.1. The van der Waals surface area contributed by atoms with Crippen LogP contribution in [0.2, 0.25) is 0 Å². The Kier molecular flexibility index (Phi) is 4.97. The fourth-order valence-electron chi connectivity index (χ4n) is 2.35. The van der Waals surface area contributed by atoms with E-state index >= 15 is 0 Å². The summed E-state index contributed by atoms with van der Waals surface area (Å²) in [7, 11) is -4.18. The molecule has 0 saturated heterocycles. The summed E-state index contributed by atoms with van der Waals surface area (Å²) in [6.45, 7) is 1.68. The maximum absolute atomic E-state index is 12.6. The molecule has 0 N–H and O–H groups in total. The Hall–Kier alpha value is -2.45. The van der Waals surface area contributed by atoms with E-state index in [1.807, 2.05) is 0 Å². The highest BCUT2D eigenvalue weighted by atomic mass is 79.9. The molecule has 0 bridgehead atoms. The summed E-state index contributed by atoms with van der Waals surface area (Å²) in [5, 5.41) is 0.440. The van der Waals surface area contributed by atoms with Crippen molar-refractivity contribution in [2.45, 2.75) is 18.2 Å². The van der Waals surface area contributed by atoms with Crippen LogP contribution in [0.1, 0.15) is 23.7 Å². The number of fused-ring (bicyclic) bond motifs is 1. The smallest absolute Gasteiger partial charge is 0.339 e. The van der Waals surface area contributed by atoms with E-state index in [2.05, 4.69) is 15.9 Å². The molecule has 6 nitrogen and oxygen atoms in total. The Balaban J connectivity index is 2.03. The van der Waals surface area contributed by atoms with E-state index in [0.717, 1.165) is 0 Å². The number of hydrogen-bond donors (Lipinski definition) is 0. The zero-order valence-corrected chi connectivity index (χ0v) is 16.0. The quantitative estimate of drug-likeness (QED) is 0.342. The minimum Gasteiger partial charge on any atom is -0.423 e. The van der Waals surface area contributed by atoms with Crippen molar-refractivity contribution in [3.05, 3.63) is 69.0 Å². The van der Waals surface area contributed by atoms with Gasteiger partial charge in [0.1, 0.15) is 10.5 Å². The first-order valence-electron chi connectivity index (χ1n) is 7.61. The second-order valence-electron chi connectivity index (χ2n) is 5.41. The molecule has 2 aromatic carbocycles. The number of rotatable bonds is 5. The molecule has 0 radical (unpaired) electrons. The van der Waals surface area contributed by atoms with Gasteiger partial charge in [0.2, 0.25) is 0 Å². The molecule has 134 valence electrons. The summed E-state index contributed by atoms with van der Waals surface area (Å²) < 4.78 is 36.1. The van der Waals surface area contributed by atoms with Crippen LogP contribution in [0.3, 0.4) is 0 Å². The van der Waals surface area contributed by atoms with Crippen LogP contribution in [-0.4, -0.2) is 14.2 Å². The van der Waals surface area contributed by atoms with Gasteiger partial charge < -0.3 is 8.60 Å². The third-order valence-corrected chi connectivity index (χ3v) is 5.37. The number of carbonyl (C=O) groups is 1. The van der Waals surface area contributed by atoms with Crippen LogP contribution >= 0.6 is 15.9 Å². The van der Waals surface area contributed by atoms with E-state index in [-0.39, 0.29) is 34.0 Å². The second kappa shape index (κ2) is 7.05. The first-order valence-corrected chi connectivity index (χ1v) is 9.81. The van der Waals surface area contributed by atoms with Gasteiger partial charge in [-0.15, -0.1) is 0 Å². The van der Waals surface area contributed by atoms with Gasteiger partial charge in [-0.2, -0.15) is 8.42 Å². The summed E-state index contributed by atoms with van der Waals surface area (Å²) in [6, 6.07) is 11.2. The summed E-state index contributed by atoms with van der Waals surface area (Å²) in [6.07, 6.45) is 0.210. The number of hydrogen-bond acceptors (Lipinski definition) is 6. The van der Waals surface area contributed by atoms with Crippen LogP contribution in [0.5, 0.6) is 5.75 Å². The normalized spacial score (nSPS) is 11.5. The third-order valence-electron chi connectivity index (χ3n) is 3.64. The van der Waals surface area contributed by atoms with Gasteiger partial charge in [0.15, 0.2) is 11.5 Å². The van der Waals surface area contributed by atoms with Gasteiger partial charge in [-0.05, 0) is 42.5 Å². The van der Waals surface area contributed by atoms with Gasteiger partial charge in [-0.1, -0.05) is 22.9 Å². The molecule has 3 aromatic rings. The lowest BCUT2D eigenvalue weighted by Gasteiger charge is -2.11. The Bertz CT molecular complexity index is 1160. The Morgan fingerprint density at radius 3 is 2.62 bits per heavy atom. The average Bonchev–Trinajstić information content (AvgIpc) is 2.61. The summed E-state index contributed by atoms with van der Waals surface area (Å²) in [5.74, 6) is -0.281. The molecule has 0 unspecified atom stereocenters. The SMILES string of the molecule is CCC(=O)c1cc(Br)ccc1OS(=O)(=O)c1ccc2oc(=O)ccc2c1. The van der Waals surface area contributed by atoms with Crippen LogP contribution < -0.4 is 9.81 Å². The summed E-state index contributed by atoms with van der Waals surface area (Å²) in [4.78, 5) is 23.2. The largest absolute Gasteiger partial charge is 0.423 e. The van der Waals surface area contributed by atoms with Crippen molar-refractivity contribution in [2.24, 2.45) is 0 Å². The van der Waals surface area contributed by atoms with Gasteiger partial charge in [0, 0.05) is 22.3 Å². The van der Waals surface area contributed by atoms with Crippen molar-refractivity contribution >= 4 is 42.8 Å². The first kappa shape index (κ1) is 18.3. The monoisotopic (exact) mass is 436 g/mol. The molecule has 0 aliphatic carbocycles. The molecule has 1 heterocycles. The van der Waals surface area contributed by atoms with Crippen molar-refractivity contribution in [3.63, 3.8) is 0 Å². The standard InChI is InChI=1S/C18H13BrO6S/c1-2-15(20)14-10-12(19)4-6-17(14)25-26(22,23)13-5-7-16-11(9-13)3-8-18(21)24-16/h3-10H,2H2,1H3. The fourth-order valence-corrected chi connectivity index (χ4v) is 3.70. The first-order chi connectivity index (χ1) is 12.3. The predicted molar refractivity (Wildman–Crippen MR) is 99.1 cm³/mol. The van der Waals surface area contributed by atoms with Crippen molar-refractivity contribution in [2.75, 3.05) is 0 Å². The van der Waals surface area contributed by atoms with E-state index in [4.69, 9.17) is 8.60 Å². The topological polar surface area (TPSA) is 90.7 Å². The minimum absolute atomic E-state index is 0.0419. The molecular weight excluding hydrogens is 424 g/mol. The van der Waals surface area contributed by atoms with Crippen molar-refractivity contribution in [1.29, 1.82) is 0 Å². The van der Waals surface area contributed by atoms with Crippen LogP contribution in [0.15, 0.2) is 67.1 Å². The molecule has 0 aliphatic rings. The van der Waals surface area contributed by atoms with Crippen molar-refractivity contribution < 1.29 is 21.8 Å². The Labute approximate surface area is 157 Å². The van der Waals surface area contributed by atoms with E-state index in [9.17, 15) is 18.0 Å². The number of halogens is 1. The fraction of sp³-hybridized carbons (Fsp3) is 0.111. The van der Waals surface area contributed by atoms with Gasteiger partial charge in [-0.25, -0.2) is 4.79 Å². The number of ketones is 1. The molecule has 0 aliphatic heterocycles.